The number of rotatable bonds is 6. The number of hydrogen-bond acceptors (Lipinski definition) is 1. The predicted octanol–water partition coefficient (Wildman–Crippen LogP) is 5.44. The summed E-state index contributed by atoms with van der Waals surface area (Å²) in [5.41, 5.74) is 2.29. The van der Waals surface area contributed by atoms with Crippen molar-refractivity contribution in [2.24, 2.45) is 5.92 Å². The Morgan fingerprint density at radius 1 is 0.731 bits per heavy atom. The first-order valence-electron chi connectivity index (χ1n) is 9.21. The van der Waals surface area contributed by atoms with Crippen molar-refractivity contribution in [2.45, 2.75) is 25.6 Å². The zero-order valence-electron chi connectivity index (χ0n) is 15.7. The highest BCUT2D eigenvalue weighted by Crippen LogP contribution is 2.35. The fourth-order valence-electron chi connectivity index (χ4n) is 4.05. The van der Waals surface area contributed by atoms with Gasteiger partial charge in [0.15, 0.2) is 5.78 Å². The summed E-state index contributed by atoms with van der Waals surface area (Å²) in [6, 6.07) is 31.0. The first kappa shape index (κ1) is 18.3. The average Bonchev–Trinajstić information content (AvgIpc) is 2.69. The van der Waals surface area contributed by atoms with Crippen LogP contribution in [0.1, 0.15) is 28.4 Å². The van der Waals surface area contributed by atoms with Gasteiger partial charge in [0.25, 0.3) is 0 Å². The van der Waals surface area contributed by atoms with Crippen molar-refractivity contribution in [3.05, 3.63) is 102 Å². The van der Waals surface area contributed by atoms with Crippen LogP contribution < -0.4 is 5.19 Å². The second-order valence-corrected chi connectivity index (χ2v) is 12.1. The Kier molecular flexibility index (Phi) is 5.53. The van der Waals surface area contributed by atoms with Crippen molar-refractivity contribution < 1.29 is 4.79 Å². The Bertz CT molecular complexity index is 841. The molecule has 0 N–H and O–H groups in total. The number of benzene rings is 3. The quantitative estimate of drug-likeness (QED) is 0.423. The molecule has 0 aliphatic heterocycles. The van der Waals surface area contributed by atoms with Gasteiger partial charge in [-0.3, -0.25) is 4.79 Å². The first-order valence-corrected chi connectivity index (χ1v) is 12.3. The summed E-state index contributed by atoms with van der Waals surface area (Å²) < 4.78 is 0. The third kappa shape index (κ3) is 3.71. The fraction of sp³-hybridized carbons (Fsp3) is 0.208. The van der Waals surface area contributed by atoms with Gasteiger partial charge in [0.2, 0.25) is 0 Å². The number of Topliss-reactive ketones (excluding diaryl/α,β-unsaturated/α-hetero) is 1. The number of ketones is 1. The highest BCUT2D eigenvalue weighted by atomic mass is 28.3. The molecule has 26 heavy (non-hydrogen) atoms. The molecule has 0 amide bonds. The molecule has 2 heteroatoms. The monoisotopic (exact) mass is 358 g/mol. The van der Waals surface area contributed by atoms with Crippen molar-refractivity contribution in [3.8, 4) is 0 Å². The van der Waals surface area contributed by atoms with E-state index in [-0.39, 0.29) is 17.2 Å². The molecular weight excluding hydrogens is 332 g/mol. The SMILES string of the molecule is CC(C(=O)c1ccccc1)C(c1ccccc1)[Si](C)(C)c1ccccc1. The Morgan fingerprint density at radius 2 is 1.19 bits per heavy atom. The summed E-state index contributed by atoms with van der Waals surface area (Å²) in [6.45, 7) is 6.87. The molecule has 0 saturated carbocycles. The molecule has 0 fully saturated rings. The molecular formula is C24H26OSi. The molecule has 2 unspecified atom stereocenters. The second kappa shape index (κ2) is 7.84. The van der Waals surface area contributed by atoms with Crippen LogP contribution in [0.4, 0.5) is 0 Å². The van der Waals surface area contributed by atoms with Crippen molar-refractivity contribution in [2.75, 3.05) is 0 Å². The molecule has 0 aliphatic carbocycles. The lowest BCUT2D eigenvalue weighted by molar-refractivity contribution is 0.0924. The molecule has 3 aromatic carbocycles. The minimum absolute atomic E-state index is 0.0679. The van der Waals surface area contributed by atoms with E-state index in [4.69, 9.17) is 0 Å². The van der Waals surface area contributed by atoms with Crippen molar-refractivity contribution in [3.63, 3.8) is 0 Å². The Labute approximate surface area is 157 Å². The van der Waals surface area contributed by atoms with Gasteiger partial charge in [0.05, 0.1) is 8.07 Å². The van der Waals surface area contributed by atoms with Crippen LogP contribution in [0, 0.1) is 5.92 Å². The van der Waals surface area contributed by atoms with Crippen LogP contribution >= 0.6 is 0 Å². The number of carbonyl (C=O) groups excluding carboxylic acids is 1. The zero-order chi connectivity index (χ0) is 18.6. The lowest BCUT2D eigenvalue weighted by atomic mass is 9.92. The van der Waals surface area contributed by atoms with E-state index in [2.05, 4.69) is 74.6 Å². The highest BCUT2D eigenvalue weighted by Gasteiger charge is 2.40. The summed E-state index contributed by atoms with van der Waals surface area (Å²) in [7, 11) is -1.93. The van der Waals surface area contributed by atoms with E-state index in [1.807, 2.05) is 36.4 Å². The van der Waals surface area contributed by atoms with Crippen molar-refractivity contribution in [1.29, 1.82) is 0 Å². The highest BCUT2D eigenvalue weighted by molar-refractivity contribution is 6.91. The van der Waals surface area contributed by atoms with E-state index in [1.165, 1.54) is 10.8 Å². The van der Waals surface area contributed by atoms with Crippen LogP contribution in [0.5, 0.6) is 0 Å². The number of hydrogen-bond donors (Lipinski definition) is 0. The minimum atomic E-state index is -1.93. The van der Waals surface area contributed by atoms with E-state index in [0.717, 1.165) is 5.56 Å². The van der Waals surface area contributed by atoms with Crippen molar-refractivity contribution in [1.82, 2.24) is 0 Å². The van der Waals surface area contributed by atoms with Gasteiger partial charge < -0.3 is 0 Å². The van der Waals surface area contributed by atoms with Crippen LogP contribution in [0.15, 0.2) is 91.0 Å². The summed E-state index contributed by atoms with van der Waals surface area (Å²) >= 11 is 0. The summed E-state index contributed by atoms with van der Waals surface area (Å²) in [4.78, 5) is 13.3. The molecule has 132 valence electrons. The topological polar surface area (TPSA) is 17.1 Å². The molecule has 3 aromatic rings. The van der Waals surface area contributed by atoms with Gasteiger partial charge in [0, 0.05) is 11.5 Å². The minimum Gasteiger partial charge on any atom is -0.294 e. The predicted molar refractivity (Wildman–Crippen MR) is 113 cm³/mol. The maximum atomic E-state index is 13.3. The van der Waals surface area contributed by atoms with Gasteiger partial charge in [-0.05, 0) is 11.1 Å². The van der Waals surface area contributed by atoms with Gasteiger partial charge in [-0.1, -0.05) is 116 Å². The van der Waals surface area contributed by atoms with Gasteiger partial charge in [-0.25, -0.2) is 0 Å². The van der Waals surface area contributed by atoms with Crippen LogP contribution in [0.3, 0.4) is 0 Å². The smallest absolute Gasteiger partial charge is 0.165 e. The fourth-order valence-corrected chi connectivity index (χ4v) is 7.89. The Morgan fingerprint density at radius 3 is 1.73 bits per heavy atom. The Hall–Kier alpha value is -2.45. The lowest BCUT2D eigenvalue weighted by Crippen LogP contribution is -2.51. The lowest BCUT2D eigenvalue weighted by Gasteiger charge is -2.37. The summed E-state index contributed by atoms with van der Waals surface area (Å²) in [6.07, 6.45) is 0. The molecule has 1 nitrogen and oxygen atoms in total. The largest absolute Gasteiger partial charge is 0.294 e. The standard InChI is InChI=1S/C24H26OSi/c1-19(23(25)20-13-7-4-8-14-20)24(21-15-9-5-10-16-21)26(2,3)22-17-11-6-12-18-22/h4-19,24H,1-3H3. The zero-order valence-corrected chi connectivity index (χ0v) is 16.7. The van der Waals surface area contributed by atoms with Gasteiger partial charge in [-0.2, -0.15) is 0 Å². The van der Waals surface area contributed by atoms with Crippen LogP contribution in [0.2, 0.25) is 13.1 Å². The summed E-state index contributed by atoms with van der Waals surface area (Å²) in [5.74, 6) is 0.164. The molecule has 0 aliphatic rings. The third-order valence-corrected chi connectivity index (χ3v) is 9.64. The molecule has 0 radical (unpaired) electrons. The maximum Gasteiger partial charge on any atom is 0.165 e. The average molecular weight is 359 g/mol. The van der Waals surface area contributed by atoms with Gasteiger partial charge in [0.1, 0.15) is 0 Å². The van der Waals surface area contributed by atoms with Crippen molar-refractivity contribution >= 4 is 19.0 Å². The van der Waals surface area contributed by atoms with E-state index in [0.29, 0.717) is 0 Å². The van der Waals surface area contributed by atoms with Crippen LogP contribution in [-0.4, -0.2) is 13.9 Å². The second-order valence-electron chi connectivity index (χ2n) is 7.50. The maximum absolute atomic E-state index is 13.3. The molecule has 0 bridgehead atoms. The third-order valence-electron chi connectivity index (χ3n) is 5.43. The van der Waals surface area contributed by atoms with E-state index < -0.39 is 8.07 Å². The van der Waals surface area contributed by atoms with E-state index in [9.17, 15) is 4.79 Å². The molecule has 3 rings (SSSR count). The van der Waals surface area contributed by atoms with Crippen LogP contribution in [0.25, 0.3) is 0 Å². The number of carbonyl (C=O) groups is 1. The molecule has 0 spiro atoms. The normalized spacial score (nSPS) is 13.8. The molecule has 0 heterocycles. The van der Waals surface area contributed by atoms with E-state index >= 15 is 0 Å². The van der Waals surface area contributed by atoms with Gasteiger partial charge in [-0.15, -0.1) is 0 Å². The Balaban J connectivity index is 2.06. The first-order chi connectivity index (χ1) is 12.5. The van der Waals surface area contributed by atoms with E-state index in [1.54, 1.807) is 0 Å². The molecule has 0 saturated heterocycles. The molecule has 0 aromatic heterocycles. The summed E-state index contributed by atoms with van der Waals surface area (Å²) in [5, 5.41) is 1.39. The molecule has 2 atom stereocenters. The van der Waals surface area contributed by atoms with Gasteiger partial charge >= 0.3 is 0 Å². The van der Waals surface area contributed by atoms with Crippen LogP contribution in [-0.2, 0) is 0 Å².